The van der Waals surface area contributed by atoms with Crippen LogP contribution in [0.3, 0.4) is 0 Å². The van der Waals surface area contributed by atoms with Gasteiger partial charge in [-0.3, -0.25) is 9.69 Å². The van der Waals surface area contributed by atoms with E-state index < -0.39 is 33.8 Å². The largest absolute Gasteiger partial charge is 0.416 e. The molecule has 2 atom stereocenters. The van der Waals surface area contributed by atoms with E-state index >= 15 is 0 Å². The maximum Gasteiger partial charge on any atom is 0.416 e. The first-order valence-corrected chi connectivity index (χ1v) is 14.7. The van der Waals surface area contributed by atoms with Gasteiger partial charge in [0.2, 0.25) is 5.91 Å². The smallest absolute Gasteiger partial charge is 0.287 e. The topological polar surface area (TPSA) is 97.4 Å². The first-order valence-electron chi connectivity index (χ1n) is 13.3. The molecule has 0 bridgehead atoms. The van der Waals surface area contributed by atoms with Crippen LogP contribution < -0.4 is 9.62 Å². The van der Waals surface area contributed by atoms with Crippen LogP contribution in [0.25, 0.3) is 0 Å². The number of carbonyl (C=O) groups excluding carboxylic acids is 1. The molecule has 2 fully saturated rings. The van der Waals surface area contributed by atoms with E-state index in [-0.39, 0.29) is 38.1 Å². The molecule has 5 aliphatic rings. The molecule has 3 heterocycles. The number of hydrogen-bond donors (Lipinski definition) is 1. The van der Waals surface area contributed by atoms with Gasteiger partial charge in [-0.2, -0.15) is 25.9 Å². The average molecular weight is 577 g/mol. The van der Waals surface area contributed by atoms with Gasteiger partial charge in [-0.25, -0.2) is 9.30 Å². The molecule has 1 unspecified atom stereocenters. The Kier molecular flexibility index (Phi) is 6.78. The van der Waals surface area contributed by atoms with Crippen LogP contribution in [-0.4, -0.2) is 62.4 Å². The Morgan fingerprint density at radius 2 is 2.05 bits per heavy atom. The van der Waals surface area contributed by atoms with Crippen molar-refractivity contribution in [2.45, 2.75) is 37.8 Å². The lowest BCUT2D eigenvalue weighted by atomic mass is 9.71. The summed E-state index contributed by atoms with van der Waals surface area (Å²) in [6.45, 7) is 0.222. The van der Waals surface area contributed by atoms with Crippen LogP contribution in [0.1, 0.15) is 38.6 Å². The fourth-order valence-electron chi connectivity index (χ4n) is 5.92. The van der Waals surface area contributed by atoms with Crippen molar-refractivity contribution in [2.24, 2.45) is 22.1 Å². The number of carbonyl (C=O) groups is 1. The summed E-state index contributed by atoms with van der Waals surface area (Å²) in [4.78, 5) is 14.9. The third-order valence-electron chi connectivity index (χ3n) is 8.15. The van der Waals surface area contributed by atoms with E-state index in [1.807, 2.05) is 23.8 Å². The minimum atomic E-state index is -4.72. The van der Waals surface area contributed by atoms with E-state index in [0.29, 0.717) is 18.0 Å². The molecule has 0 spiro atoms. The van der Waals surface area contributed by atoms with Gasteiger partial charge in [0.1, 0.15) is 0 Å². The third-order valence-corrected chi connectivity index (χ3v) is 9.71. The first-order chi connectivity index (χ1) is 19.0. The van der Waals surface area contributed by atoms with Gasteiger partial charge < -0.3 is 0 Å². The molecule has 1 saturated heterocycles. The summed E-state index contributed by atoms with van der Waals surface area (Å²) in [5.41, 5.74) is 0.448. The number of anilines is 1. The van der Waals surface area contributed by atoms with Crippen molar-refractivity contribution >= 4 is 28.1 Å². The van der Waals surface area contributed by atoms with Gasteiger partial charge in [0, 0.05) is 32.9 Å². The first kappa shape index (κ1) is 27.0. The molecule has 1 amide bonds. The Balaban J connectivity index is 0.00000337. The lowest BCUT2D eigenvalue weighted by molar-refractivity contribution is -0.480. The number of hydrogen-bond acceptors (Lipinski definition) is 5. The second kappa shape index (κ2) is 10.0. The van der Waals surface area contributed by atoms with Crippen molar-refractivity contribution in [3.8, 4) is 0 Å². The van der Waals surface area contributed by atoms with Crippen LogP contribution in [0, 0.1) is 18.0 Å². The second-order valence-corrected chi connectivity index (χ2v) is 12.5. The molecule has 1 saturated carbocycles. The Bertz CT molecular complexity index is 1500. The van der Waals surface area contributed by atoms with Crippen LogP contribution in [-0.2, 0) is 15.0 Å². The number of alkyl halides is 3. The SMILES string of the molecule is C[N+]1=CN=N[C]1[C@@H](c1cccc(N2C=C3C(C(F)(F)F)=CC(CN4CCCNS4(=O)=O)=CC3C2=O)c1)C1CCC1.[HH]. The normalized spacial score (nSPS) is 26.1. The fourth-order valence-corrected chi connectivity index (χ4v) is 7.20. The maximum atomic E-state index is 14.2. The van der Waals surface area contributed by atoms with Crippen LogP contribution in [0.15, 0.2) is 69.6 Å². The van der Waals surface area contributed by atoms with Crippen LogP contribution in [0.4, 0.5) is 18.9 Å². The second-order valence-electron chi connectivity index (χ2n) is 10.7. The lowest BCUT2D eigenvalue weighted by Crippen LogP contribution is -2.47. The number of amides is 1. The highest BCUT2D eigenvalue weighted by atomic mass is 32.2. The van der Waals surface area contributed by atoms with Crippen LogP contribution in [0.2, 0.25) is 0 Å². The summed E-state index contributed by atoms with van der Waals surface area (Å²) in [6.07, 6.45) is 5.12. The minimum Gasteiger partial charge on any atom is -0.287 e. The van der Waals surface area contributed by atoms with Crippen molar-refractivity contribution in [1.82, 2.24) is 9.03 Å². The molecule has 1 aromatic rings. The minimum absolute atomic E-state index is 0. The fraction of sp³-hybridized carbons (Fsp3) is 0.444. The van der Waals surface area contributed by atoms with Crippen molar-refractivity contribution < 1.29 is 32.4 Å². The van der Waals surface area contributed by atoms with Gasteiger partial charge in [-0.15, -0.1) is 0 Å². The van der Waals surface area contributed by atoms with Gasteiger partial charge >= 0.3 is 18.7 Å². The molecule has 3 aliphatic heterocycles. The number of nitrogens with one attached hydrogen (secondary N) is 1. The summed E-state index contributed by atoms with van der Waals surface area (Å²) in [5, 5.41) is 8.36. The molecule has 0 aromatic heterocycles. The van der Waals surface area contributed by atoms with Crippen LogP contribution in [0.5, 0.6) is 0 Å². The van der Waals surface area contributed by atoms with Gasteiger partial charge in [0.25, 0.3) is 10.2 Å². The molecule has 1 aromatic carbocycles. The molecule has 9 nitrogen and oxygen atoms in total. The molecule has 1 radical (unpaired) electrons. The van der Waals surface area contributed by atoms with E-state index in [1.54, 1.807) is 18.5 Å². The molecule has 13 heteroatoms. The molecule has 2 aliphatic carbocycles. The Labute approximate surface area is 232 Å². The molecule has 6 rings (SSSR count). The number of benzene rings is 1. The standard InChI is InChI=1S/C27H29F3N6O3S.H2/c1-34-16-31-33-25(34)24(18-5-2-6-18)19-7-3-8-20(13-19)36-15-22-21(26(36)37)11-17(12-23(22)27(28,29)30)14-35-10-4-9-32-40(35,38)39;/h3,7-8,11-13,15-16,18,21,24,32H,2,4-6,9-10,14H2,1H3;1H/q+1;/t21?,24-;/m1./s1. The molecular weight excluding hydrogens is 545 g/mol. The van der Waals surface area contributed by atoms with E-state index in [0.717, 1.165) is 41.4 Å². The van der Waals surface area contributed by atoms with Crippen molar-refractivity contribution in [3.63, 3.8) is 0 Å². The van der Waals surface area contributed by atoms with Gasteiger partial charge in [0.15, 0.2) is 0 Å². The summed E-state index contributed by atoms with van der Waals surface area (Å²) >= 11 is 0. The van der Waals surface area contributed by atoms with Gasteiger partial charge in [-0.05, 0) is 65.2 Å². The lowest BCUT2D eigenvalue weighted by Gasteiger charge is -2.34. The zero-order valence-electron chi connectivity index (χ0n) is 21.8. The molecular formula is C27H31F3N6O3S+. The average Bonchev–Trinajstić information content (AvgIpc) is 3.44. The number of fused-ring (bicyclic) bond motifs is 1. The number of rotatable bonds is 6. The van der Waals surface area contributed by atoms with E-state index in [1.165, 1.54) is 17.2 Å². The van der Waals surface area contributed by atoms with Crippen molar-refractivity contribution in [2.75, 3.05) is 31.6 Å². The highest BCUT2D eigenvalue weighted by Gasteiger charge is 2.47. The number of likely N-dealkylation sites (N-methyl/N-ethyl adjacent to an activating group) is 1. The molecule has 40 heavy (non-hydrogen) atoms. The number of azo groups is 1. The summed E-state index contributed by atoms with van der Waals surface area (Å²) in [7, 11) is -1.91. The van der Waals surface area contributed by atoms with Gasteiger partial charge in [-0.1, -0.05) is 24.6 Å². The predicted octanol–water partition coefficient (Wildman–Crippen LogP) is 4.26. The maximum absolute atomic E-state index is 14.2. The van der Waals surface area contributed by atoms with E-state index in [4.69, 9.17) is 0 Å². The summed E-state index contributed by atoms with van der Waals surface area (Å²) in [5.74, 6) is -1.37. The van der Waals surface area contributed by atoms with Crippen molar-refractivity contribution in [3.05, 3.63) is 71.1 Å². The predicted molar refractivity (Wildman–Crippen MR) is 143 cm³/mol. The quantitative estimate of drug-likeness (QED) is 0.513. The van der Waals surface area contributed by atoms with Crippen LogP contribution >= 0.6 is 0 Å². The van der Waals surface area contributed by atoms with Crippen molar-refractivity contribution in [1.29, 1.82) is 0 Å². The Morgan fingerprint density at radius 3 is 2.70 bits per heavy atom. The third kappa shape index (κ3) is 4.83. The Morgan fingerprint density at radius 1 is 1.25 bits per heavy atom. The molecule has 213 valence electrons. The van der Waals surface area contributed by atoms with E-state index in [2.05, 4.69) is 15.0 Å². The zero-order chi connectivity index (χ0) is 28.2. The zero-order valence-corrected chi connectivity index (χ0v) is 22.6. The Hall–Kier alpha value is -3.16. The monoisotopic (exact) mass is 576 g/mol. The van der Waals surface area contributed by atoms with E-state index in [9.17, 15) is 26.4 Å². The summed E-state index contributed by atoms with van der Waals surface area (Å²) in [6, 6.07) is 7.31. The number of allylic oxidation sites excluding steroid dienone is 1. The molecule has 1 N–H and O–H groups in total. The highest BCUT2D eigenvalue weighted by molar-refractivity contribution is 7.87. The number of nitrogens with zero attached hydrogens (tertiary/aromatic N) is 5. The highest BCUT2D eigenvalue weighted by Crippen LogP contribution is 2.48. The number of halogens is 3. The van der Waals surface area contributed by atoms with Gasteiger partial charge in [0.05, 0.1) is 29.6 Å². The summed E-state index contributed by atoms with van der Waals surface area (Å²) < 4.78 is 72.8.